The summed E-state index contributed by atoms with van der Waals surface area (Å²) in [5, 5.41) is 3.51. The minimum Gasteiger partial charge on any atom is -0.381 e. The maximum atomic E-state index is 11.5. The van der Waals surface area contributed by atoms with Gasteiger partial charge in [-0.3, -0.25) is 4.79 Å². The summed E-state index contributed by atoms with van der Waals surface area (Å²) in [5.41, 5.74) is 2.52. The molecule has 0 bridgehead atoms. The lowest BCUT2D eigenvalue weighted by molar-refractivity contribution is -0.120. The first-order valence-electron chi connectivity index (χ1n) is 5.32. The van der Waals surface area contributed by atoms with Gasteiger partial charge in [0.05, 0.1) is 0 Å². The molecule has 0 aromatic heterocycles. The molecular formula is C12H12BrNO. The second-order valence-electron chi connectivity index (χ2n) is 4.37. The van der Waals surface area contributed by atoms with Crippen molar-refractivity contribution in [2.75, 3.05) is 5.32 Å². The Hall–Kier alpha value is -0.830. The summed E-state index contributed by atoms with van der Waals surface area (Å²) in [5.74, 6) is 0.810. The quantitative estimate of drug-likeness (QED) is 0.781. The van der Waals surface area contributed by atoms with Gasteiger partial charge in [-0.15, -0.1) is 0 Å². The van der Waals surface area contributed by atoms with Crippen LogP contribution in [-0.2, 0) is 4.79 Å². The predicted molar refractivity (Wildman–Crippen MR) is 63.2 cm³/mol. The number of rotatable bonds is 0. The molecule has 1 saturated carbocycles. The van der Waals surface area contributed by atoms with Gasteiger partial charge in [-0.25, -0.2) is 0 Å². The average Bonchev–Trinajstić information content (AvgIpc) is 2.56. The molecule has 2 nitrogen and oxygen atoms in total. The molecule has 2 aliphatic rings. The SMILES string of the molecule is O=C1CCC2Nc3ccc(Br)cc3C2C1. The minimum absolute atomic E-state index is 0.402. The Bertz CT molecular complexity index is 430. The first-order valence-corrected chi connectivity index (χ1v) is 6.11. The lowest BCUT2D eigenvalue weighted by Gasteiger charge is -2.24. The Labute approximate surface area is 97.2 Å². The molecule has 0 saturated heterocycles. The highest BCUT2D eigenvalue weighted by Crippen LogP contribution is 2.43. The number of anilines is 1. The molecule has 3 heteroatoms. The third kappa shape index (κ3) is 1.49. The number of hydrogen-bond acceptors (Lipinski definition) is 2. The summed E-state index contributed by atoms with van der Waals surface area (Å²) >= 11 is 3.48. The fourth-order valence-electron chi connectivity index (χ4n) is 2.68. The van der Waals surface area contributed by atoms with E-state index < -0.39 is 0 Å². The molecule has 1 fully saturated rings. The first kappa shape index (κ1) is 9.40. The van der Waals surface area contributed by atoms with E-state index in [9.17, 15) is 4.79 Å². The van der Waals surface area contributed by atoms with E-state index in [0.717, 1.165) is 17.3 Å². The van der Waals surface area contributed by atoms with Gasteiger partial charge < -0.3 is 5.32 Å². The van der Waals surface area contributed by atoms with E-state index in [4.69, 9.17) is 0 Å². The number of nitrogens with one attached hydrogen (secondary N) is 1. The normalized spacial score (nSPS) is 28.2. The van der Waals surface area contributed by atoms with Crippen LogP contribution in [0.2, 0.25) is 0 Å². The van der Waals surface area contributed by atoms with E-state index in [1.165, 1.54) is 11.3 Å². The first-order chi connectivity index (χ1) is 7.24. The summed E-state index contributed by atoms with van der Waals surface area (Å²) in [6, 6.07) is 6.77. The van der Waals surface area contributed by atoms with E-state index >= 15 is 0 Å². The zero-order valence-corrected chi connectivity index (χ0v) is 9.88. The van der Waals surface area contributed by atoms with Crippen molar-refractivity contribution in [1.29, 1.82) is 0 Å². The number of ketones is 1. The fraction of sp³-hybridized carbons (Fsp3) is 0.417. The highest BCUT2D eigenvalue weighted by molar-refractivity contribution is 9.10. The van der Waals surface area contributed by atoms with E-state index in [-0.39, 0.29) is 0 Å². The van der Waals surface area contributed by atoms with Gasteiger partial charge in [-0.2, -0.15) is 0 Å². The Morgan fingerprint density at radius 3 is 3.13 bits per heavy atom. The monoisotopic (exact) mass is 265 g/mol. The van der Waals surface area contributed by atoms with Gasteiger partial charge in [0, 0.05) is 35.0 Å². The van der Waals surface area contributed by atoms with Gasteiger partial charge in [0.15, 0.2) is 0 Å². The third-order valence-corrected chi connectivity index (χ3v) is 3.91. The molecule has 2 atom stereocenters. The zero-order valence-electron chi connectivity index (χ0n) is 8.29. The van der Waals surface area contributed by atoms with Crippen LogP contribution in [0.3, 0.4) is 0 Å². The molecule has 1 aliphatic carbocycles. The van der Waals surface area contributed by atoms with Crippen LogP contribution < -0.4 is 5.32 Å². The van der Waals surface area contributed by atoms with Gasteiger partial charge >= 0.3 is 0 Å². The highest BCUT2D eigenvalue weighted by atomic mass is 79.9. The van der Waals surface area contributed by atoms with E-state index in [2.05, 4.69) is 33.4 Å². The Morgan fingerprint density at radius 2 is 2.27 bits per heavy atom. The van der Waals surface area contributed by atoms with Crippen molar-refractivity contribution < 1.29 is 4.79 Å². The van der Waals surface area contributed by atoms with Gasteiger partial charge in [0.1, 0.15) is 5.78 Å². The van der Waals surface area contributed by atoms with Gasteiger partial charge in [0.2, 0.25) is 0 Å². The molecule has 1 heterocycles. The van der Waals surface area contributed by atoms with Crippen LogP contribution in [0.25, 0.3) is 0 Å². The second kappa shape index (κ2) is 3.34. The van der Waals surface area contributed by atoms with Crippen LogP contribution in [0.5, 0.6) is 0 Å². The van der Waals surface area contributed by atoms with Crippen molar-refractivity contribution in [1.82, 2.24) is 0 Å². The highest BCUT2D eigenvalue weighted by Gasteiger charge is 2.36. The number of fused-ring (bicyclic) bond motifs is 3. The minimum atomic E-state index is 0.402. The van der Waals surface area contributed by atoms with Crippen molar-refractivity contribution in [2.45, 2.75) is 31.2 Å². The number of benzene rings is 1. The molecule has 3 rings (SSSR count). The van der Waals surface area contributed by atoms with E-state index in [1.54, 1.807) is 0 Å². The van der Waals surface area contributed by atoms with E-state index in [0.29, 0.717) is 24.2 Å². The third-order valence-electron chi connectivity index (χ3n) is 3.42. The number of carbonyl (C=O) groups excluding carboxylic acids is 1. The summed E-state index contributed by atoms with van der Waals surface area (Å²) < 4.78 is 1.10. The van der Waals surface area contributed by atoms with Crippen LogP contribution in [0, 0.1) is 0 Å². The number of Topliss-reactive ketones (excluding diaryl/α,β-unsaturated/α-hetero) is 1. The maximum absolute atomic E-state index is 11.5. The largest absolute Gasteiger partial charge is 0.381 e. The molecular weight excluding hydrogens is 254 g/mol. The fourth-order valence-corrected chi connectivity index (χ4v) is 3.06. The van der Waals surface area contributed by atoms with Crippen molar-refractivity contribution in [3.8, 4) is 0 Å². The summed E-state index contributed by atoms with van der Waals surface area (Å²) in [6.45, 7) is 0. The van der Waals surface area contributed by atoms with Crippen molar-refractivity contribution >= 4 is 27.4 Å². The number of hydrogen-bond donors (Lipinski definition) is 1. The molecule has 15 heavy (non-hydrogen) atoms. The topological polar surface area (TPSA) is 29.1 Å². The number of halogens is 1. The molecule has 2 unspecified atom stereocenters. The average molecular weight is 266 g/mol. The smallest absolute Gasteiger partial charge is 0.133 e. The molecule has 1 aromatic carbocycles. The molecule has 0 amide bonds. The lowest BCUT2D eigenvalue weighted by Crippen LogP contribution is -2.28. The zero-order chi connectivity index (χ0) is 10.4. The van der Waals surface area contributed by atoms with Crippen molar-refractivity contribution in [3.05, 3.63) is 28.2 Å². The summed E-state index contributed by atoms with van der Waals surface area (Å²) in [6.07, 6.45) is 2.43. The predicted octanol–water partition coefficient (Wildman–Crippen LogP) is 3.08. The lowest BCUT2D eigenvalue weighted by atomic mass is 9.82. The van der Waals surface area contributed by atoms with Gasteiger partial charge in [0.25, 0.3) is 0 Å². The summed E-state index contributed by atoms with van der Waals surface area (Å²) in [4.78, 5) is 11.5. The second-order valence-corrected chi connectivity index (χ2v) is 5.29. The molecule has 1 aromatic rings. The summed E-state index contributed by atoms with van der Waals surface area (Å²) in [7, 11) is 0. The molecule has 1 N–H and O–H groups in total. The molecule has 1 aliphatic heterocycles. The number of carbonyl (C=O) groups is 1. The Balaban J connectivity index is 2.02. The van der Waals surface area contributed by atoms with E-state index in [1.807, 2.05) is 6.07 Å². The van der Waals surface area contributed by atoms with Gasteiger partial charge in [-0.05, 0) is 30.2 Å². The van der Waals surface area contributed by atoms with Crippen molar-refractivity contribution in [2.24, 2.45) is 0 Å². The van der Waals surface area contributed by atoms with Crippen LogP contribution in [-0.4, -0.2) is 11.8 Å². The molecule has 78 valence electrons. The molecule has 0 radical (unpaired) electrons. The van der Waals surface area contributed by atoms with Crippen molar-refractivity contribution in [3.63, 3.8) is 0 Å². The maximum Gasteiger partial charge on any atom is 0.133 e. The molecule has 0 spiro atoms. The Kier molecular flexibility index (Phi) is 2.09. The standard InChI is InChI=1S/C12H12BrNO/c13-7-1-3-11-9(5-7)10-6-8(15)2-4-12(10)14-11/h1,3,5,10,12,14H,2,4,6H2. The van der Waals surface area contributed by atoms with Crippen LogP contribution in [0.15, 0.2) is 22.7 Å². The van der Waals surface area contributed by atoms with Crippen LogP contribution in [0.4, 0.5) is 5.69 Å². The van der Waals surface area contributed by atoms with Crippen LogP contribution >= 0.6 is 15.9 Å². The van der Waals surface area contributed by atoms with Crippen LogP contribution in [0.1, 0.15) is 30.7 Å². The van der Waals surface area contributed by atoms with Gasteiger partial charge in [-0.1, -0.05) is 15.9 Å². The Morgan fingerprint density at radius 1 is 1.40 bits per heavy atom.